The zero-order valence-corrected chi connectivity index (χ0v) is 22.6. The first-order chi connectivity index (χ1) is 18.4. The molecule has 0 aliphatic heterocycles. The molecule has 0 fully saturated rings. The van der Waals surface area contributed by atoms with Gasteiger partial charge >= 0.3 is 0 Å². The summed E-state index contributed by atoms with van der Waals surface area (Å²) in [6.45, 7) is 2.85. The minimum absolute atomic E-state index is 0.0153. The Bertz CT molecular complexity index is 1700. The van der Waals surface area contributed by atoms with Crippen molar-refractivity contribution in [2.75, 3.05) is 0 Å². The first-order valence-corrected chi connectivity index (χ1v) is 14.8. The van der Waals surface area contributed by atoms with Crippen molar-refractivity contribution in [3.63, 3.8) is 0 Å². The maximum Gasteiger partial charge on any atom is 0.282 e. The van der Waals surface area contributed by atoms with Crippen LogP contribution in [0.2, 0.25) is 0 Å². The van der Waals surface area contributed by atoms with Crippen LogP contribution in [0.1, 0.15) is 25.0 Å². The summed E-state index contributed by atoms with van der Waals surface area (Å²) in [7, 11) is -8.04. The lowest BCUT2D eigenvalue weighted by Crippen LogP contribution is -2.06. The number of rotatable bonds is 4. The minimum Gasteiger partial charge on any atom is -0.875 e. The Hall–Kier alpha value is -4.28. The van der Waals surface area contributed by atoms with E-state index in [1.54, 1.807) is 24.3 Å². The summed E-state index contributed by atoms with van der Waals surface area (Å²) in [6.07, 6.45) is 12.3. The summed E-state index contributed by atoms with van der Waals surface area (Å²) < 4.78 is 59.6. The van der Waals surface area contributed by atoms with Crippen LogP contribution in [0.25, 0.3) is 11.1 Å². The Labute approximate surface area is 226 Å². The SMILES string of the molecule is CC([O-])=C1C=CC(=NS(=O)(=O)c2ccc3c(c2)Cc2cc(S(=O)(=O)N=C4C=CC(=C(C)[O-])C=C4)ccc2-3)C=C1. The first kappa shape index (κ1) is 26.3. The van der Waals surface area contributed by atoms with Crippen LogP contribution in [0.4, 0.5) is 0 Å². The van der Waals surface area contributed by atoms with Crippen LogP contribution < -0.4 is 10.2 Å². The van der Waals surface area contributed by atoms with E-state index in [1.807, 2.05) is 0 Å². The molecule has 2 aromatic carbocycles. The fourth-order valence-corrected chi connectivity index (χ4v) is 6.45. The van der Waals surface area contributed by atoms with Gasteiger partial charge in [-0.2, -0.15) is 25.6 Å². The lowest BCUT2D eigenvalue weighted by molar-refractivity contribution is -0.303. The van der Waals surface area contributed by atoms with Crippen molar-refractivity contribution in [1.82, 2.24) is 0 Å². The molecular formula is C29H22N2O6S2-2. The van der Waals surface area contributed by atoms with Crippen LogP contribution in [0.15, 0.2) is 126 Å². The van der Waals surface area contributed by atoms with E-state index in [1.165, 1.54) is 74.6 Å². The molecule has 0 aromatic heterocycles. The van der Waals surface area contributed by atoms with Crippen molar-refractivity contribution >= 4 is 31.5 Å². The van der Waals surface area contributed by atoms with Gasteiger partial charge < -0.3 is 10.2 Å². The van der Waals surface area contributed by atoms with E-state index in [0.29, 0.717) is 17.6 Å². The van der Waals surface area contributed by atoms with Crippen LogP contribution in [0.3, 0.4) is 0 Å². The summed E-state index contributed by atoms with van der Waals surface area (Å²) in [5.74, 6) is -0.258. The maximum absolute atomic E-state index is 13.0. The van der Waals surface area contributed by atoms with Crippen LogP contribution >= 0.6 is 0 Å². The van der Waals surface area contributed by atoms with Gasteiger partial charge in [0, 0.05) is 0 Å². The summed E-state index contributed by atoms with van der Waals surface area (Å²) in [5, 5.41) is 22.9. The Kier molecular flexibility index (Phi) is 6.61. The van der Waals surface area contributed by atoms with Gasteiger partial charge in [0.05, 0.1) is 21.2 Å². The van der Waals surface area contributed by atoms with Gasteiger partial charge in [0.2, 0.25) is 0 Å². The zero-order chi connectivity index (χ0) is 27.9. The highest BCUT2D eigenvalue weighted by molar-refractivity contribution is 7.90. The Balaban J connectivity index is 1.40. The highest BCUT2D eigenvalue weighted by atomic mass is 32.2. The summed E-state index contributed by atoms with van der Waals surface area (Å²) in [6, 6.07) is 9.43. The van der Waals surface area contributed by atoms with Crippen molar-refractivity contribution in [2.45, 2.75) is 30.1 Å². The molecular weight excluding hydrogens is 536 g/mol. The van der Waals surface area contributed by atoms with E-state index in [4.69, 9.17) is 0 Å². The number of sulfonamides is 2. The molecule has 0 unspecified atom stereocenters. The molecule has 0 saturated carbocycles. The summed E-state index contributed by atoms with van der Waals surface area (Å²) in [5.41, 5.74) is 4.44. The van der Waals surface area contributed by atoms with E-state index in [-0.39, 0.29) is 32.7 Å². The van der Waals surface area contributed by atoms with E-state index in [2.05, 4.69) is 8.80 Å². The van der Waals surface area contributed by atoms with Gasteiger partial charge in [-0.25, -0.2) is 0 Å². The van der Waals surface area contributed by atoms with Crippen molar-refractivity contribution in [1.29, 1.82) is 0 Å². The molecule has 0 N–H and O–H groups in total. The number of benzene rings is 2. The fraction of sp³-hybridized carbons (Fsp3) is 0.103. The monoisotopic (exact) mass is 558 g/mol. The third-order valence-electron chi connectivity index (χ3n) is 6.42. The van der Waals surface area contributed by atoms with Crippen molar-refractivity contribution < 1.29 is 27.0 Å². The van der Waals surface area contributed by atoms with Crippen LogP contribution in [0.5, 0.6) is 0 Å². The molecule has 10 heteroatoms. The van der Waals surface area contributed by atoms with Crippen LogP contribution in [-0.2, 0) is 26.5 Å². The molecule has 0 heterocycles. The number of hydrogen-bond donors (Lipinski definition) is 0. The minimum atomic E-state index is -4.02. The molecule has 8 nitrogen and oxygen atoms in total. The van der Waals surface area contributed by atoms with Crippen molar-refractivity contribution in [3.8, 4) is 11.1 Å². The molecule has 0 radical (unpaired) electrons. The molecule has 0 spiro atoms. The normalized spacial score (nSPS) is 15.8. The predicted octanol–water partition coefficient (Wildman–Crippen LogP) is 3.04. The maximum atomic E-state index is 13.0. The van der Waals surface area contributed by atoms with Crippen molar-refractivity contribution in [2.24, 2.45) is 8.80 Å². The molecule has 2 aromatic rings. The predicted molar refractivity (Wildman–Crippen MR) is 146 cm³/mol. The first-order valence-electron chi connectivity index (χ1n) is 11.9. The highest BCUT2D eigenvalue weighted by Crippen LogP contribution is 2.39. The molecule has 39 heavy (non-hydrogen) atoms. The second kappa shape index (κ2) is 9.79. The number of nitrogens with zero attached hydrogens (tertiary/aromatic N) is 2. The van der Waals surface area contributed by atoms with Crippen LogP contribution in [-0.4, -0.2) is 28.3 Å². The summed E-state index contributed by atoms with van der Waals surface area (Å²) in [4.78, 5) is 0.0307. The highest BCUT2D eigenvalue weighted by Gasteiger charge is 2.24. The number of hydrogen-bond acceptors (Lipinski definition) is 6. The topological polar surface area (TPSA) is 139 Å². The standard InChI is InChI=1S/C29H24N2O6S2/c1-18(32)20-3-7-24(8-4-20)30-38(34,35)26-11-13-28-22(16-26)15-23-17-27(12-14-29(23)28)39(36,37)31-25-9-5-21(6-10-25)19(2)33/h3-14,16-17,32-33H,15H2,1-2H3/p-2. The lowest BCUT2D eigenvalue weighted by Gasteiger charge is -2.11. The Morgan fingerprint density at radius 1 is 0.615 bits per heavy atom. The molecule has 0 amide bonds. The van der Waals surface area contributed by atoms with Gasteiger partial charge in [-0.15, -0.1) is 11.5 Å². The number of fused-ring (bicyclic) bond motifs is 3. The molecule has 0 saturated heterocycles. The second-order valence-electron chi connectivity index (χ2n) is 9.15. The van der Waals surface area contributed by atoms with Gasteiger partial charge in [0.1, 0.15) is 0 Å². The average Bonchev–Trinajstić information content (AvgIpc) is 3.26. The summed E-state index contributed by atoms with van der Waals surface area (Å²) >= 11 is 0. The molecule has 3 aliphatic rings. The van der Waals surface area contributed by atoms with Crippen LogP contribution in [0, 0.1) is 0 Å². The van der Waals surface area contributed by atoms with Gasteiger partial charge in [0.15, 0.2) is 0 Å². The van der Waals surface area contributed by atoms with E-state index in [0.717, 1.165) is 22.3 Å². The number of allylic oxidation sites excluding steroid dienone is 12. The smallest absolute Gasteiger partial charge is 0.282 e. The van der Waals surface area contributed by atoms with Gasteiger partial charge in [-0.3, -0.25) is 0 Å². The average molecular weight is 559 g/mol. The van der Waals surface area contributed by atoms with E-state index < -0.39 is 20.0 Å². The third-order valence-corrected chi connectivity index (χ3v) is 9.02. The fourth-order valence-electron chi connectivity index (χ4n) is 4.38. The molecule has 5 rings (SSSR count). The van der Waals surface area contributed by atoms with Gasteiger partial charge in [-0.1, -0.05) is 50.3 Å². The van der Waals surface area contributed by atoms with E-state index in [9.17, 15) is 27.0 Å². The Morgan fingerprint density at radius 2 is 0.974 bits per heavy atom. The molecule has 0 atom stereocenters. The zero-order valence-electron chi connectivity index (χ0n) is 21.0. The Morgan fingerprint density at radius 3 is 1.31 bits per heavy atom. The van der Waals surface area contributed by atoms with Gasteiger partial charge in [0.25, 0.3) is 20.0 Å². The molecule has 0 bridgehead atoms. The van der Waals surface area contributed by atoms with E-state index >= 15 is 0 Å². The lowest BCUT2D eigenvalue weighted by atomic mass is 10.1. The second-order valence-corrected chi connectivity index (χ2v) is 12.4. The van der Waals surface area contributed by atoms with Gasteiger partial charge in [-0.05, 0) is 88.4 Å². The largest absolute Gasteiger partial charge is 0.875 e. The quantitative estimate of drug-likeness (QED) is 0.451. The molecule has 198 valence electrons. The van der Waals surface area contributed by atoms with Crippen molar-refractivity contribution in [3.05, 3.63) is 119 Å². The molecule has 3 aliphatic carbocycles. The third kappa shape index (κ3) is 5.34.